The zero-order chi connectivity index (χ0) is 18.2. The van der Waals surface area contributed by atoms with Crippen molar-refractivity contribution in [1.82, 2.24) is 10.00 Å². The minimum atomic E-state index is -0.944. The summed E-state index contributed by atoms with van der Waals surface area (Å²) in [6, 6.07) is 12.4. The predicted octanol–water partition coefficient (Wildman–Crippen LogP) is 1.46. The number of hydrogen-bond acceptors (Lipinski definition) is 5. The molecule has 0 saturated carbocycles. The molecule has 1 amide bonds. The molecular weight excluding hydrogens is 322 g/mol. The molecule has 0 bridgehead atoms. The summed E-state index contributed by atoms with van der Waals surface area (Å²) in [5, 5.41) is 16.1. The minimum Gasteiger partial charge on any atom is -0.594 e. The lowest BCUT2D eigenvalue weighted by Gasteiger charge is -2.19. The van der Waals surface area contributed by atoms with Crippen molar-refractivity contribution >= 4 is 11.9 Å². The minimum absolute atomic E-state index is 0.000970. The molecule has 130 valence electrons. The van der Waals surface area contributed by atoms with Gasteiger partial charge in [0.15, 0.2) is 0 Å². The Labute approximate surface area is 145 Å². The largest absolute Gasteiger partial charge is 0.594 e. The quantitative estimate of drug-likeness (QED) is 0.261. The lowest BCUT2D eigenvalue weighted by Crippen LogP contribution is -2.40. The molecule has 0 aliphatic carbocycles. The molecule has 0 N–H and O–H groups in total. The fourth-order valence-corrected chi connectivity index (χ4v) is 2.24. The van der Waals surface area contributed by atoms with Gasteiger partial charge in [-0.15, -0.1) is 6.58 Å². The van der Waals surface area contributed by atoms with Gasteiger partial charge in [-0.2, -0.15) is 0 Å². The van der Waals surface area contributed by atoms with Gasteiger partial charge in [-0.25, -0.2) is 4.79 Å². The van der Waals surface area contributed by atoms with Crippen molar-refractivity contribution in [1.29, 1.82) is 0 Å². The molecule has 0 aliphatic heterocycles. The normalized spacial score (nSPS) is 10.1. The topological polar surface area (TPSA) is 86.4 Å². The van der Waals surface area contributed by atoms with Crippen LogP contribution in [0.4, 0.5) is 0 Å². The Morgan fingerprint density at radius 2 is 2.00 bits per heavy atom. The average molecular weight is 341 g/mol. The van der Waals surface area contributed by atoms with Crippen molar-refractivity contribution in [2.45, 2.75) is 13.5 Å². The maximum absolute atomic E-state index is 12.2. The van der Waals surface area contributed by atoms with E-state index >= 15 is 0 Å². The van der Waals surface area contributed by atoms with Gasteiger partial charge in [0.25, 0.3) is 5.69 Å². The number of carbonyl (C=O) groups is 2. The van der Waals surface area contributed by atoms with Crippen LogP contribution in [0.15, 0.2) is 55.1 Å². The second-order valence-corrected chi connectivity index (χ2v) is 5.14. The molecule has 7 heteroatoms. The highest BCUT2D eigenvalue weighted by molar-refractivity contribution is 6.32. The molecule has 0 unspecified atom stereocenters. The van der Waals surface area contributed by atoms with Crippen LogP contribution in [0.2, 0.25) is 0 Å². The van der Waals surface area contributed by atoms with Crippen molar-refractivity contribution in [3.63, 3.8) is 0 Å². The monoisotopic (exact) mass is 341 g/mol. The first-order valence-electron chi connectivity index (χ1n) is 7.79. The van der Waals surface area contributed by atoms with Gasteiger partial charge in [0.05, 0.1) is 18.7 Å². The summed E-state index contributed by atoms with van der Waals surface area (Å²) < 4.78 is 4.72. The first kappa shape index (κ1) is 18.1. The summed E-state index contributed by atoms with van der Waals surface area (Å²) in [6.45, 7) is 5.43. The van der Waals surface area contributed by atoms with E-state index in [1.807, 2.05) is 18.2 Å². The first-order valence-corrected chi connectivity index (χ1v) is 7.79. The lowest BCUT2D eigenvalue weighted by molar-refractivity contribution is -0.659. The van der Waals surface area contributed by atoms with E-state index in [0.29, 0.717) is 16.2 Å². The Balaban J connectivity index is 2.20. The molecule has 1 heterocycles. The Kier molecular flexibility index (Phi) is 6.22. The fraction of sp³-hybridized carbons (Fsp3) is 0.222. The van der Waals surface area contributed by atoms with Crippen LogP contribution in [0, 0.1) is 5.21 Å². The summed E-state index contributed by atoms with van der Waals surface area (Å²) in [7, 11) is 0. The third-order valence-electron chi connectivity index (χ3n) is 3.37. The molecule has 1 aromatic heterocycles. The van der Waals surface area contributed by atoms with Crippen LogP contribution >= 0.6 is 0 Å². The van der Waals surface area contributed by atoms with Crippen LogP contribution in [0.5, 0.6) is 0 Å². The zero-order valence-electron chi connectivity index (χ0n) is 13.9. The number of amides is 1. The molecular formula is C18H19N3O4. The van der Waals surface area contributed by atoms with E-state index in [4.69, 9.17) is 4.74 Å². The van der Waals surface area contributed by atoms with E-state index in [1.165, 1.54) is 11.0 Å². The molecule has 7 nitrogen and oxygen atoms in total. The number of aromatic nitrogens is 2. The van der Waals surface area contributed by atoms with Crippen molar-refractivity contribution in [3.05, 3.63) is 66.0 Å². The summed E-state index contributed by atoms with van der Waals surface area (Å²) in [5.41, 5.74) is 1.49. The second kappa shape index (κ2) is 8.58. The Hall–Kier alpha value is -3.22. The van der Waals surface area contributed by atoms with E-state index in [9.17, 15) is 14.8 Å². The molecule has 0 saturated heterocycles. The first-order chi connectivity index (χ1) is 12.1. The summed E-state index contributed by atoms with van der Waals surface area (Å²) in [6.07, 6.45) is 1.49. The van der Waals surface area contributed by atoms with E-state index < -0.39 is 11.9 Å². The SMILES string of the molecule is C=CCN(Cc1ccc(-c2ccccc2)[n+]([O-])n1)C(=O)C(=O)OCC. The highest BCUT2D eigenvalue weighted by atomic mass is 16.5. The highest BCUT2D eigenvalue weighted by Gasteiger charge is 2.24. The van der Waals surface area contributed by atoms with Gasteiger partial charge in [0, 0.05) is 17.7 Å². The molecule has 2 aromatic rings. The molecule has 0 fully saturated rings. The molecule has 25 heavy (non-hydrogen) atoms. The van der Waals surface area contributed by atoms with Crippen LogP contribution in [-0.4, -0.2) is 35.0 Å². The van der Waals surface area contributed by atoms with Gasteiger partial charge >= 0.3 is 11.9 Å². The van der Waals surface area contributed by atoms with Gasteiger partial charge in [-0.05, 0) is 30.0 Å². The van der Waals surface area contributed by atoms with Crippen LogP contribution in [-0.2, 0) is 20.9 Å². The van der Waals surface area contributed by atoms with Crippen LogP contribution in [0.25, 0.3) is 11.3 Å². The summed E-state index contributed by atoms with van der Waals surface area (Å²) >= 11 is 0. The molecule has 0 radical (unpaired) electrons. The summed E-state index contributed by atoms with van der Waals surface area (Å²) in [5.74, 6) is -1.74. The van der Waals surface area contributed by atoms with Crippen LogP contribution < -0.4 is 4.85 Å². The molecule has 0 atom stereocenters. The molecule has 0 aliphatic rings. The second-order valence-electron chi connectivity index (χ2n) is 5.14. The van der Waals surface area contributed by atoms with Crippen molar-refractivity contribution in [3.8, 4) is 11.3 Å². The van der Waals surface area contributed by atoms with Crippen molar-refractivity contribution in [2.75, 3.05) is 13.2 Å². The number of ether oxygens (including phenoxy) is 1. The van der Waals surface area contributed by atoms with E-state index in [1.54, 1.807) is 31.2 Å². The van der Waals surface area contributed by atoms with Crippen molar-refractivity contribution in [2.24, 2.45) is 0 Å². The number of esters is 1. The van der Waals surface area contributed by atoms with Gasteiger partial charge < -0.3 is 14.8 Å². The van der Waals surface area contributed by atoms with Crippen LogP contribution in [0.3, 0.4) is 0 Å². The van der Waals surface area contributed by atoms with Crippen LogP contribution in [0.1, 0.15) is 12.6 Å². The van der Waals surface area contributed by atoms with Gasteiger partial charge in [-0.1, -0.05) is 24.3 Å². The highest BCUT2D eigenvalue weighted by Crippen LogP contribution is 2.14. The number of rotatable bonds is 6. The molecule has 1 aromatic carbocycles. The fourth-order valence-electron chi connectivity index (χ4n) is 2.24. The zero-order valence-corrected chi connectivity index (χ0v) is 13.9. The van der Waals surface area contributed by atoms with Gasteiger partial charge in [0.1, 0.15) is 5.69 Å². The Morgan fingerprint density at radius 3 is 2.60 bits per heavy atom. The maximum Gasteiger partial charge on any atom is 0.397 e. The van der Waals surface area contributed by atoms with E-state index in [2.05, 4.69) is 11.7 Å². The van der Waals surface area contributed by atoms with Gasteiger partial charge in [0.2, 0.25) is 0 Å². The number of carbonyl (C=O) groups excluding carboxylic acids is 2. The number of benzene rings is 1. The Morgan fingerprint density at radius 1 is 1.28 bits per heavy atom. The maximum atomic E-state index is 12.2. The third kappa shape index (κ3) is 4.63. The third-order valence-corrected chi connectivity index (χ3v) is 3.37. The van der Waals surface area contributed by atoms with E-state index in [0.717, 1.165) is 5.56 Å². The Bertz CT molecular complexity index is 762. The number of hydrogen-bond donors (Lipinski definition) is 0. The van der Waals surface area contributed by atoms with Gasteiger partial charge in [-0.3, -0.25) is 4.79 Å². The molecule has 0 spiro atoms. The molecule has 2 rings (SSSR count). The standard InChI is InChI=1S/C18H19N3O4/c1-3-12-20(17(22)18(23)25-4-2)13-15-10-11-16(21(24)19-15)14-8-6-5-7-9-14/h3,5-11H,1,4,12-13H2,2H3. The summed E-state index contributed by atoms with van der Waals surface area (Å²) in [4.78, 5) is 25.4. The predicted molar refractivity (Wildman–Crippen MR) is 90.9 cm³/mol. The lowest BCUT2D eigenvalue weighted by atomic mass is 10.1. The smallest absolute Gasteiger partial charge is 0.397 e. The van der Waals surface area contributed by atoms with Crippen molar-refractivity contribution < 1.29 is 19.2 Å². The number of nitrogens with zero attached hydrogens (tertiary/aromatic N) is 3. The van der Waals surface area contributed by atoms with E-state index in [-0.39, 0.29) is 19.7 Å². The average Bonchev–Trinajstić information content (AvgIpc) is 2.62.